The number of hydrogen-bond acceptors (Lipinski definition) is 7. The Morgan fingerprint density at radius 2 is 1.63 bits per heavy atom. The van der Waals surface area contributed by atoms with Crippen LogP contribution in [0.3, 0.4) is 0 Å². The summed E-state index contributed by atoms with van der Waals surface area (Å²) in [6.07, 6.45) is 0. The van der Waals surface area contributed by atoms with Crippen LogP contribution in [0.15, 0.2) is 60.7 Å². The molecule has 2 N–H and O–H groups in total. The minimum absolute atomic E-state index is 0.0145. The number of hydrogen-bond donors (Lipinski definition) is 2. The molecule has 4 aromatic rings. The quantitative estimate of drug-likeness (QED) is 0.305. The zero-order valence-electron chi connectivity index (χ0n) is 22.7. The smallest absolute Gasteiger partial charge is 0.265 e. The molecule has 1 fully saturated rings. The van der Waals surface area contributed by atoms with E-state index in [4.69, 9.17) is 9.47 Å². The van der Waals surface area contributed by atoms with Crippen LogP contribution in [0, 0.1) is 5.82 Å². The number of thiophene rings is 1. The maximum Gasteiger partial charge on any atom is 0.265 e. The van der Waals surface area contributed by atoms with Gasteiger partial charge in [0.05, 0.1) is 10.6 Å². The van der Waals surface area contributed by atoms with Crippen LogP contribution in [-0.4, -0.2) is 67.6 Å². The van der Waals surface area contributed by atoms with Crippen molar-refractivity contribution in [2.75, 3.05) is 56.6 Å². The van der Waals surface area contributed by atoms with Crippen molar-refractivity contribution in [3.05, 3.63) is 82.5 Å². The van der Waals surface area contributed by atoms with Gasteiger partial charge in [0.2, 0.25) is 0 Å². The summed E-state index contributed by atoms with van der Waals surface area (Å²) in [6, 6.07) is 17.1. The minimum atomic E-state index is -0.595. The van der Waals surface area contributed by atoms with Gasteiger partial charge in [-0.15, -0.1) is 11.3 Å². The van der Waals surface area contributed by atoms with Crippen LogP contribution in [0.1, 0.15) is 32.5 Å². The molecule has 0 atom stereocenters. The lowest BCUT2D eigenvalue weighted by Crippen LogP contribution is -2.45. The first-order chi connectivity index (χ1) is 19.9. The van der Waals surface area contributed by atoms with Gasteiger partial charge in [-0.05, 0) is 66.0 Å². The summed E-state index contributed by atoms with van der Waals surface area (Å²) in [7, 11) is 0. The number of nitrogens with zero attached hydrogens (tertiary/aromatic N) is 2. The van der Waals surface area contributed by atoms with E-state index in [1.165, 1.54) is 35.1 Å². The molecule has 0 unspecified atom stereocenters. The molecule has 1 saturated heterocycles. The number of halogens is 1. The van der Waals surface area contributed by atoms with E-state index in [0.717, 1.165) is 49.4 Å². The van der Waals surface area contributed by atoms with E-state index in [1.54, 1.807) is 18.2 Å². The average Bonchev–Trinajstić information content (AvgIpc) is 3.43. The number of anilines is 2. The highest BCUT2D eigenvalue weighted by molar-refractivity contribution is 7.20. The van der Waals surface area contributed by atoms with Gasteiger partial charge in [-0.1, -0.05) is 19.1 Å². The molecule has 0 aliphatic carbocycles. The predicted molar refractivity (Wildman–Crippen MR) is 159 cm³/mol. The number of rotatable bonds is 7. The second-order valence-corrected chi connectivity index (χ2v) is 11.2. The first-order valence-corrected chi connectivity index (χ1v) is 14.6. The zero-order chi connectivity index (χ0) is 28.3. The highest BCUT2D eigenvalue weighted by Gasteiger charge is 2.19. The summed E-state index contributed by atoms with van der Waals surface area (Å²) in [5.74, 6) is -0.304. The van der Waals surface area contributed by atoms with Crippen LogP contribution >= 0.6 is 11.3 Å². The molecule has 0 radical (unpaired) electrons. The number of ether oxygens (including phenoxy) is 2. The van der Waals surface area contributed by atoms with E-state index in [2.05, 4.69) is 39.5 Å². The number of nitrogens with one attached hydrogen (secondary N) is 2. The number of benzene rings is 3. The predicted octanol–water partition coefficient (Wildman–Crippen LogP) is 5.45. The van der Waals surface area contributed by atoms with Crippen LogP contribution in [0.4, 0.5) is 15.8 Å². The molecule has 10 heteroatoms. The number of fused-ring (bicyclic) bond motifs is 2. The van der Waals surface area contributed by atoms with Crippen molar-refractivity contribution < 1.29 is 23.5 Å². The number of carbonyl (C=O) groups is 2. The second-order valence-electron chi connectivity index (χ2n) is 10.2. The van der Waals surface area contributed by atoms with Crippen LogP contribution in [-0.2, 0) is 6.54 Å². The molecule has 3 heterocycles. The first-order valence-electron chi connectivity index (χ1n) is 13.7. The van der Waals surface area contributed by atoms with Crippen molar-refractivity contribution in [2.24, 2.45) is 0 Å². The van der Waals surface area contributed by atoms with Crippen molar-refractivity contribution in [3.63, 3.8) is 0 Å². The van der Waals surface area contributed by atoms with Gasteiger partial charge in [0, 0.05) is 48.7 Å². The molecule has 212 valence electrons. The highest BCUT2D eigenvalue weighted by Crippen LogP contribution is 2.32. The maximum absolute atomic E-state index is 14.7. The lowest BCUT2D eigenvalue weighted by atomic mass is 10.1. The van der Waals surface area contributed by atoms with Gasteiger partial charge in [-0.25, -0.2) is 4.39 Å². The lowest BCUT2D eigenvalue weighted by Gasteiger charge is -2.34. The third kappa shape index (κ3) is 6.19. The average molecular weight is 575 g/mol. The van der Waals surface area contributed by atoms with Crippen molar-refractivity contribution in [2.45, 2.75) is 13.5 Å². The van der Waals surface area contributed by atoms with Crippen LogP contribution in [0.25, 0.3) is 10.1 Å². The molecule has 41 heavy (non-hydrogen) atoms. The van der Waals surface area contributed by atoms with Crippen LogP contribution in [0.2, 0.25) is 0 Å². The molecule has 8 nitrogen and oxygen atoms in total. The Morgan fingerprint density at radius 3 is 2.44 bits per heavy atom. The standard InChI is InChI=1S/C31H31FN4O4S/c1-2-35-9-11-36(12-10-35)19-20-3-4-21-17-29(41-28(21)15-20)31(38)34-25-18-23(6-7-24(25)32)33-30(37)22-5-8-26-27(16-22)40-14-13-39-26/h3-8,15-18H,2,9-14,19H2,1H3,(H,33,37)(H,34,38). The molecule has 2 aliphatic heterocycles. The summed E-state index contributed by atoms with van der Waals surface area (Å²) in [6.45, 7) is 9.30. The molecule has 3 aromatic carbocycles. The van der Waals surface area contributed by atoms with Gasteiger partial charge in [-0.3, -0.25) is 14.5 Å². The van der Waals surface area contributed by atoms with E-state index < -0.39 is 17.6 Å². The lowest BCUT2D eigenvalue weighted by molar-refractivity contribution is 0.102. The van der Waals surface area contributed by atoms with Crippen molar-refractivity contribution in [1.82, 2.24) is 9.80 Å². The first kappa shape index (κ1) is 27.2. The van der Waals surface area contributed by atoms with Crippen molar-refractivity contribution in [1.29, 1.82) is 0 Å². The molecule has 0 spiro atoms. The number of piperazine rings is 1. The second kappa shape index (κ2) is 11.9. The fourth-order valence-electron chi connectivity index (χ4n) is 5.08. The van der Waals surface area contributed by atoms with Crippen molar-refractivity contribution in [3.8, 4) is 11.5 Å². The van der Waals surface area contributed by atoms with E-state index in [-0.39, 0.29) is 5.69 Å². The monoisotopic (exact) mass is 574 g/mol. The topological polar surface area (TPSA) is 83.1 Å². The largest absolute Gasteiger partial charge is 0.486 e. The number of carbonyl (C=O) groups excluding carboxylic acids is 2. The summed E-state index contributed by atoms with van der Waals surface area (Å²) in [5.41, 5.74) is 1.92. The van der Waals surface area contributed by atoms with Gasteiger partial charge in [-0.2, -0.15) is 0 Å². The fraction of sp³-hybridized carbons (Fsp3) is 0.290. The third-order valence-electron chi connectivity index (χ3n) is 7.40. The molecule has 2 aliphatic rings. The van der Waals surface area contributed by atoms with Gasteiger partial charge in [0.25, 0.3) is 11.8 Å². The molecule has 2 amide bonds. The summed E-state index contributed by atoms with van der Waals surface area (Å²) in [5, 5.41) is 6.40. The summed E-state index contributed by atoms with van der Waals surface area (Å²) >= 11 is 1.38. The SMILES string of the molecule is CCN1CCN(Cc2ccc3cc(C(=O)Nc4cc(NC(=O)c5ccc6c(c5)OCCO6)ccc4F)sc3c2)CC1. The van der Waals surface area contributed by atoms with Crippen LogP contribution < -0.4 is 20.1 Å². The van der Waals surface area contributed by atoms with Gasteiger partial charge in [0.15, 0.2) is 11.5 Å². The van der Waals surface area contributed by atoms with E-state index in [9.17, 15) is 14.0 Å². The molecular weight excluding hydrogens is 543 g/mol. The molecular formula is C31H31FN4O4S. The van der Waals surface area contributed by atoms with Gasteiger partial charge in [0.1, 0.15) is 19.0 Å². The van der Waals surface area contributed by atoms with Gasteiger partial charge < -0.3 is 25.0 Å². The Labute approximate surface area is 241 Å². The molecule has 0 saturated carbocycles. The Morgan fingerprint density at radius 1 is 0.854 bits per heavy atom. The van der Waals surface area contributed by atoms with E-state index in [0.29, 0.717) is 40.8 Å². The summed E-state index contributed by atoms with van der Waals surface area (Å²) < 4.78 is 26.7. The van der Waals surface area contributed by atoms with E-state index in [1.807, 2.05) is 12.1 Å². The van der Waals surface area contributed by atoms with Crippen LogP contribution in [0.5, 0.6) is 11.5 Å². The third-order valence-corrected chi connectivity index (χ3v) is 8.50. The molecule has 6 rings (SSSR count). The zero-order valence-corrected chi connectivity index (χ0v) is 23.6. The highest BCUT2D eigenvalue weighted by atomic mass is 32.1. The maximum atomic E-state index is 14.7. The Kier molecular flexibility index (Phi) is 7.86. The Bertz CT molecular complexity index is 1600. The molecule has 0 bridgehead atoms. The van der Waals surface area contributed by atoms with Gasteiger partial charge >= 0.3 is 0 Å². The Hall–Kier alpha value is -3.99. The summed E-state index contributed by atoms with van der Waals surface area (Å²) in [4.78, 5) is 31.3. The Balaban J connectivity index is 1.12. The van der Waals surface area contributed by atoms with E-state index >= 15 is 0 Å². The number of likely N-dealkylation sites (N-methyl/N-ethyl adjacent to an activating group) is 1. The fourth-order valence-corrected chi connectivity index (χ4v) is 6.10. The normalized spacial score (nSPS) is 15.6. The van der Waals surface area contributed by atoms with Crippen molar-refractivity contribution >= 4 is 44.6 Å². The number of amides is 2. The molecule has 1 aromatic heterocycles. The minimum Gasteiger partial charge on any atom is -0.486 e.